The van der Waals surface area contributed by atoms with Crippen LogP contribution in [-0.4, -0.2) is 19.0 Å². The lowest BCUT2D eigenvalue weighted by atomic mass is 10.5. The highest BCUT2D eigenvalue weighted by Crippen LogP contribution is 1.86. The first-order chi connectivity index (χ1) is 4.27. The molecule has 0 radical (unpaired) electrons. The molecule has 56 valence electrons. The molecule has 0 saturated heterocycles. The molecule has 1 nitrogen and oxygen atoms in total. The number of ether oxygens (including phenoxy) is 1. The van der Waals surface area contributed by atoms with E-state index in [1.807, 2.05) is 0 Å². The largest absolute Gasteiger partial charge is 0.426 e. The quantitative estimate of drug-likeness (QED) is 0.360. The van der Waals surface area contributed by atoms with Crippen LogP contribution in [0.1, 0.15) is 13.3 Å². The Morgan fingerprint density at radius 3 is 2.44 bits per heavy atom. The molecule has 4 heteroatoms. The third kappa shape index (κ3) is 8.91. The van der Waals surface area contributed by atoms with Crippen LogP contribution in [-0.2, 0) is 14.0 Å². The van der Waals surface area contributed by atoms with Gasteiger partial charge in [-0.15, -0.1) is 5.75 Å². The summed E-state index contributed by atoms with van der Waals surface area (Å²) >= 11 is 0. The lowest BCUT2D eigenvalue weighted by Crippen LogP contribution is -1.99. The minimum atomic E-state index is 0.167. The fourth-order valence-electron chi connectivity index (χ4n) is 0.389. The summed E-state index contributed by atoms with van der Waals surface area (Å²) in [5.74, 6) is 1.05. The van der Waals surface area contributed by atoms with Gasteiger partial charge in [-0.3, -0.25) is 16.0 Å². The van der Waals surface area contributed by atoms with Crippen molar-refractivity contribution in [1.82, 2.24) is 0 Å². The van der Waals surface area contributed by atoms with E-state index >= 15 is 0 Å². The standard InChI is InChI=1S/C5H13OP2S/c1-2-3-6-4-5-9(7)8/h7-8H,2-5H2,1H3/q-1. The number of hydrogen-bond acceptors (Lipinski definition) is 2. The van der Waals surface area contributed by atoms with E-state index in [9.17, 15) is 0 Å². The third-order valence-electron chi connectivity index (χ3n) is 0.780. The van der Waals surface area contributed by atoms with Crippen molar-refractivity contribution >= 4 is 25.3 Å². The van der Waals surface area contributed by atoms with Crippen LogP contribution < -0.4 is 0 Å². The monoisotopic (exact) mass is 183 g/mol. The average molecular weight is 183 g/mol. The molecule has 0 aliphatic carbocycles. The maximum Gasteiger partial charge on any atom is 0.0462 e. The van der Waals surface area contributed by atoms with Gasteiger partial charge in [-0.05, 0) is 6.42 Å². The summed E-state index contributed by atoms with van der Waals surface area (Å²) in [6.45, 7) is 3.85. The van der Waals surface area contributed by atoms with E-state index in [0.717, 1.165) is 25.4 Å². The van der Waals surface area contributed by atoms with Crippen molar-refractivity contribution in [3.8, 4) is 0 Å². The molecule has 0 aromatic rings. The van der Waals surface area contributed by atoms with Crippen LogP contribution in [0.25, 0.3) is 0 Å². The molecule has 0 amide bonds. The Balaban J connectivity index is 2.92. The van der Waals surface area contributed by atoms with Crippen molar-refractivity contribution < 1.29 is 4.74 Å². The van der Waals surface area contributed by atoms with E-state index in [0.29, 0.717) is 0 Å². The van der Waals surface area contributed by atoms with Crippen molar-refractivity contribution in [3.05, 3.63) is 0 Å². The average Bonchev–Trinajstić information content (AvgIpc) is 1.80. The van der Waals surface area contributed by atoms with Crippen LogP contribution in [0.5, 0.6) is 0 Å². The molecule has 0 atom stereocenters. The molecular formula is C5H13OP2S-. The first-order valence-electron chi connectivity index (χ1n) is 2.98. The van der Waals surface area contributed by atoms with Gasteiger partial charge in [0.1, 0.15) is 0 Å². The Labute approximate surface area is 62.8 Å². The van der Waals surface area contributed by atoms with E-state index in [1.54, 1.807) is 0 Å². The number of hydrogen-bond donors (Lipinski definition) is 0. The lowest BCUT2D eigenvalue weighted by molar-refractivity contribution is 0.151. The Morgan fingerprint density at radius 1 is 1.33 bits per heavy atom. The van der Waals surface area contributed by atoms with Gasteiger partial charge in [0.05, 0.1) is 0 Å². The topological polar surface area (TPSA) is 9.23 Å². The van der Waals surface area contributed by atoms with Gasteiger partial charge in [-0.1, -0.05) is 6.92 Å². The Kier molecular flexibility index (Phi) is 7.73. The molecule has 0 heterocycles. The summed E-state index contributed by atoms with van der Waals surface area (Å²) in [4.78, 5) is 0. The summed E-state index contributed by atoms with van der Waals surface area (Å²) in [5.41, 5.74) is 0. The fourth-order valence-corrected chi connectivity index (χ4v) is 1.17. The SMILES string of the molecule is CCCOCC[S-](=P)=P. The Morgan fingerprint density at radius 2 is 2.00 bits per heavy atom. The van der Waals surface area contributed by atoms with Crippen molar-refractivity contribution in [2.45, 2.75) is 13.3 Å². The highest BCUT2D eigenvalue weighted by molar-refractivity contribution is 8.29. The van der Waals surface area contributed by atoms with Gasteiger partial charge >= 0.3 is 0 Å². The Hall–Kier alpha value is 0.910. The van der Waals surface area contributed by atoms with Gasteiger partial charge in [0, 0.05) is 13.2 Å². The third-order valence-corrected chi connectivity index (χ3v) is 2.58. The first kappa shape index (κ1) is 9.91. The second-order valence-electron chi connectivity index (χ2n) is 1.71. The maximum absolute atomic E-state index is 5.24. The van der Waals surface area contributed by atoms with Crippen LogP contribution in [0.2, 0.25) is 0 Å². The second kappa shape index (κ2) is 7.02. The van der Waals surface area contributed by atoms with Crippen molar-refractivity contribution in [2.75, 3.05) is 19.0 Å². The minimum absolute atomic E-state index is 0.167. The second-order valence-corrected chi connectivity index (χ2v) is 7.08. The first-order valence-corrected chi connectivity index (χ1v) is 6.82. The highest BCUT2D eigenvalue weighted by atomic mass is 32.7. The van der Waals surface area contributed by atoms with E-state index in [1.165, 1.54) is 0 Å². The normalized spacial score (nSPS) is 10.4. The van der Waals surface area contributed by atoms with E-state index < -0.39 is 0 Å². The van der Waals surface area contributed by atoms with Crippen molar-refractivity contribution in [2.24, 2.45) is 0 Å². The fraction of sp³-hybridized carbons (Fsp3) is 1.00. The van der Waals surface area contributed by atoms with Crippen molar-refractivity contribution in [3.63, 3.8) is 0 Å². The summed E-state index contributed by atoms with van der Waals surface area (Å²) in [5, 5.41) is 0. The van der Waals surface area contributed by atoms with Gasteiger partial charge in [0.2, 0.25) is 0 Å². The molecule has 0 fully saturated rings. The van der Waals surface area contributed by atoms with Crippen LogP contribution in [0.3, 0.4) is 0 Å². The van der Waals surface area contributed by atoms with Gasteiger partial charge in [-0.25, -0.2) is 0 Å². The van der Waals surface area contributed by atoms with Crippen molar-refractivity contribution in [1.29, 1.82) is 0 Å². The van der Waals surface area contributed by atoms with Gasteiger partial charge in [-0.2, -0.15) is 0 Å². The summed E-state index contributed by atoms with van der Waals surface area (Å²) in [6.07, 6.45) is 1.11. The van der Waals surface area contributed by atoms with Crippen LogP contribution >= 0.6 is 16.0 Å². The smallest absolute Gasteiger partial charge is 0.0462 e. The number of rotatable bonds is 5. The molecule has 0 bridgehead atoms. The van der Waals surface area contributed by atoms with E-state index in [4.69, 9.17) is 4.74 Å². The molecule has 0 saturated carbocycles. The van der Waals surface area contributed by atoms with Gasteiger partial charge < -0.3 is 14.0 Å². The zero-order chi connectivity index (χ0) is 7.11. The zero-order valence-electron chi connectivity index (χ0n) is 5.64. The van der Waals surface area contributed by atoms with Gasteiger partial charge in [0.25, 0.3) is 0 Å². The molecule has 0 aliphatic heterocycles. The molecule has 0 aromatic heterocycles. The summed E-state index contributed by atoms with van der Waals surface area (Å²) in [6, 6.07) is 0. The summed E-state index contributed by atoms with van der Waals surface area (Å²) < 4.78 is 5.24. The molecule has 0 aliphatic rings. The minimum Gasteiger partial charge on any atom is -0.426 e. The lowest BCUT2D eigenvalue weighted by Gasteiger charge is -2.04. The maximum atomic E-state index is 5.24. The molecule has 0 N–H and O–H groups in total. The van der Waals surface area contributed by atoms with Crippen LogP contribution in [0.4, 0.5) is 0 Å². The molecule has 0 unspecified atom stereocenters. The molecule has 9 heavy (non-hydrogen) atoms. The molecule has 0 spiro atoms. The summed E-state index contributed by atoms with van der Waals surface area (Å²) in [7, 11) is 7.03. The van der Waals surface area contributed by atoms with E-state index in [2.05, 4.69) is 23.0 Å². The van der Waals surface area contributed by atoms with E-state index in [-0.39, 0.29) is 9.25 Å². The molecule has 0 rings (SSSR count). The molecule has 0 aromatic carbocycles. The zero-order valence-corrected chi connectivity index (χ0v) is 8.46. The van der Waals surface area contributed by atoms with Crippen LogP contribution in [0.15, 0.2) is 0 Å². The predicted molar refractivity (Wildman–Crippen MR) is 50.0 cm³/mol. The van der Waals surface area contributed by atoms with Crippen LogP contribution in [0, 0.1) is 0 Å². The van der Waals surface area contributed by atoms with Gasteiger partial charge in [0.15, 0.2) is 0 Å². The Bertz CT molecular complexity index is 114. The highest BCUT2D eigenvalue weighted by Gasteiger charge is 1.77. The predicted octanol–water partition coefficient (Wildman–Crippen LogP) is 2.15. The molecular weight excluding hydrogens is 170 g/mol.